The summed E-state index contributed by atoms with van der Waals surface area (Å²) in [4.78, 5) is 2.00. The van der Waals surface area contributed by atoms with Crippen LogP contribution in [0.4, 0.5) is 0 Å². The highest BCUT2D eigenvalue weighted by Crippen LogP contribution is 2.45. The first-order chi connectivity index (χ1) is 7.86. The SMILES string of the molecule is C1CC2CCCC(C1)B2[NH+]1CC2(CNC2)C1. The zero-order valence-corrected chi connectivity index (χ0v) is 10.3. The van der Waals surface area contributed by atoms with Gasteiger partial charge in [0.05, 0.1) is 18.5 Å². The first-order valence-corrected chi connectivity index (χ1v) is 7.42. The highest BCUT2D eigenvalue weighted by atomic mass is 15.2. The monoisotopic (exact) mass is 219 g/mol. The molecule has 0 aromatic heterocycles. The molecule has 0 aromatic carbocycles. The number of rotatable bonds is 1. The number of hydrogen-bond acceptors (Lipinski definition) is 1. The quantitative estimate of drug-likeness (QED) is 0.616. The highest BCUT2D eigenvalue weighted by molar-refractivity contribution is 6.54. The Labute approximate surface area is 99.3 Å². The number of nitrogens with one attached hydrogen (secondary N) is 2. The lowest BCUT2D eigenvalue weighted by molar-refractivity contribution is -0.868. The second-order valence-corrected chi connectivity index (χ2v) is 7.02. The van der Waals surface area contributed by atoms with Crippen molar-refractivity contribution in [3.63, 3.8) is 0 Å². The lowest BCUT2D eigenvalue weighted by Crippen LogP contribution is -3.29. The second kappa shape index (κ2) is 3.49. The van der Waals surface area contributed by atoms with Gasteiger partial charge in [-0.2, -0.15) is 0 Å². The van der Waals surface area contributed by atoms with Crippen molar-refractivity contribution in [1.29, 1.82) is 0 Å². The third-order valence-electron chi connectivity index (χ3n) is 5.99. The first kappa shape index (κ1) is 9.96. The number of fused-ring (bicyclic) bond motifs is 2. The molecular weight excluding hydrogens is 195 g/mol. The van der Waals surface area contributed by atoms with Gasteiger partial charge in [-0.3, -0.25) is 0 Å². The van der Waals surface area contributed by atoms with Crippen LogP contribution >= 0.6 is 0 Å². The van der Waals surface area contributed by atoms with Gasteiger partial charge in [0.15, 0.2) is 0 Å². The van der Waals surface area contributed by atoms with E-state index >= 15 is 0 Å². The van der Waals surface area contributed by atoms with Crippen LogP contribution in [0.25, 0.3) is 0 Å². The molecule has 0 radical (unpaired) electrons. The molecular formula is C13H24BN2+. The molecule has 0 atom stereocenters. The van der Waals surface area contributed by atoms with Gasteiger partial charge in [0.1, 0.15) is 0 Å². The standard InChI is InChI=1S/C13H23BN2/c1-3-11-5-2-6-12(4-1)14(11)16-9-13(10-16)7-15-8-13/h11-12,15H,1-10H2/p+1. The minimum Gasteiger partial charge on any atom is -0.403 e. The molecule has 0 aromatic rings. The molecule has 4 saturated heterocycles. The summed E-state index contributed by atoms with van der Waals surface area (Å²) in [6.45, 7) is 6.71. The van der Waals surface area contributed by atoms with Crippen molar-refractivity contribution >= 4 is 6.85 Å². The zero-order valence-electron chi connectivity index (χ0n) is 10.3. The Bertz CT molecular complexity index is 260. The highest BCUT2D eigenvalue weighted by Gasteiger charge is 2.59. The van der Waals surface area contributed by atoms with E-state index in [1.54, 1.807) is 25.7 Å². The molecule has 2 nitrogen and oxygen atoms in total. The lowest BCUT2D eigenvalue weighted by Gasteiger charge is -2.57. The fraction of sp³-hybridized carbons (Fsp3) is 1.00. The summed E-state index contributed by atoms with van der Waals surface area (Å²) < 4.78 is 0. The minimum atomic E-state index is 0.765. The third-order valence-corrected chi connectivity index (χ3v) is 5.99. The van der Waals surface area contributed by atoms with Crippen LogP contribution in [0.5, 0.6) is 0 Å². The summed E-state index contributed by atoms with van der Waals surface area (Å²) in [6, 6.07) is 0. The van der Waals surface area contributed by atoms with Gasteiger partial charge in [-0.1, -0.05) is 38.5 Å². The van der Waals surface area contributed by atoms with E-state index in [-0.39, 0.29) is 0 Å². The van der Waals surface area contributed by atoms with Crippen LogP contribution in [0.3, 0.4) is 0 Å². The predicted octanol–water partition coefficient (Wildman–Crippen LogP) is 0.574. The molecule has 0 aliphatic carbocycles. The molecule has 1 spiro atoms. The Kier molecular flexibility index (Phi) is 2.17. The Morgan fingerprint density at radius 2 is 1.50 bits per heavy atom. The van der Waals surface area contributed by atoms with Gasteiger partial charge in [-0.05, 0) is 11.6 Å². The van der Waals surface area contributed by atoms with Crippen LogP contribution in [0, 0.1) is 5.41 Å². The maximum atomic E-state index is 3.46. The predicted molar refractivity (Wildman–Crippen MR) is 67.0 cm³/mol. The molecule has 4 fully saturated rings. The van der Waals surface area contributed by atoms with Gasteiger partial charge in [0.25, 0.3) is 0 Å². The molecule has 16 heavy (non-hydrogen) atoms. The Morgan fingerprint density at radius 1 is 0.938 bits per heavy atom. The van der Waals surface area contributed by atoms with Crippen molar-refractivity contribution in [3.05, 3.63) is 0 Å². The molecule has 2 N–H and O–H groups in total. The fourth-order valence-corrected chi connectivity index (χ4v) is 5.22. The topological polar surface area (TPSA) is 16.5 Å². The van der Waals surface area contributed by atoms with E-state index in [0.29, 0.717) is 0 Å². The van der Waals surface area contributed by atoms with Gasteiger partial charge in [0, 0.05) is 13.1 Å². The molecule has 3 heteroatoms. The summed E-state index contributed by atoms with van der Waals surface area (Å²) in [5, 5.41) is 3.46. The van der Waals surface area contributed by atoms with E-state index in [4.69, 9.17) is 0 Å². The van der Waals surface area contributed by atoms with Crippen LogP contribution in [-0.4, -0.2) is 33.0 Å². The Balaban J connectivity index is 1.46. The molecule has 4 heterocycles. The van der Waals surface area contributed by atoms with Crippen LogP contribution in [-0.2, 0) is 0 Å². The first-order valence-electron chi connectivity index (χ1n) is 7.42. The Hall–Kier alpha value is -0.0151. The van der Waals surface area contributed by atoms with E-state index < -0.39 is 0 Å². The molecule has 0 unspecified atom stereocenters. The summed E-state index contributed by atoms with van der Waals surface area (Å²) in [7, 11) is 0. The summed E-state index contributed by atoms with van der Waals surface area (Å²) in [6.07, 6.45) is 9.27. The molecule has 4 aliphatic heterocycles. The number of quaternary nitrogens is 1. The Morgan fingerprint density at radius 3 is 1.94 bits per heavy atom. The fourth-order valence-electron chi connectivity index (χ4n) is 5.22. The van der Waals surface area contributed by atoms with Crippen LogP contribution in [0.15, 0.2) is 0 Å². The van der Waals surface area contributed by atoms with E-state index in [1.807, 2.05) is 4.81 Å². The van der Waals surface area contributed by atoms with E-state index in [0.717, 1.165) is 23.9 Å². The van der Waals surface area contributed by atoms with E-state index in [9.17, 15) is 0 Å². The van der Waals surface area contributed by atoms with Gasteiger partial charge in [-0.15, -0.1) is 0 Å². The van der Waals surface area contributed by atoms with Crippen molar-refractivity contribution in [2.75, 3.05) is 26.2 Å². The third kappa shape index (κ3) is 1.34. The number of hydrogen-bond donors (Lipinski definition) is 2. The molecule has 2 bridgehead atoms. The van der Waals surface area contributed by atoms with Gasteiger partial charge in [-0.25, -0.2) is 0 Å². The van der Waals surface area contributed by atoms with Crippen molar-refractivity contribution in [1.82, 2.24) is 5.32 Å². The van der Waals surface area contributed by atoms with Crippen molar-refractivity contribution in [2.24, 2.45) is 5.41 Å². The summed E-state index contributed by atoms with van der Waals surface area (Å²) in [5.74, 6) is 2.21. The lowest BCUT2D eigenvalue weighted by atomic mass is 9.32. The molecule has 88 valence electrons. The maximum absolute atomic E-state index is 3.46. The largest absolute Gasteiger partial charge is 0.411 e. The minimum absolute atomic E-state index is 0.765. The van der Waals surface area contributed by atoms with Gasteiger partial charge in [0.2, 0.25) is 0 Å². The normalized spacial score (nSPS) is 41.6. The van der Waals surface area contributed by atoms with Crippen molar-refractivity contribution in [2.45, 2.75) is 50.2 Å². The van der Waals surface area contributed by atoms with Crippen LogP contribution in [0.1, 0.15) is 38.5 Å². The zero-order chi connectivity index (χ0) is 10.6. The molecule has 4 aliphatic rings. The van der Waals surface area contributed by atoms with Gasteiger partial charge >= 0.3 is 6.85 Å². The smallest absolute Gasteiger partial charge is 0.403 e. The van der Waals surface area contributed by atoms with Crippen molar-refractivity contribution in [3.8, 4) is 0 Å². The average molecular weight is 219 g/mol. The summed E-state index contributed by atoms with van der Waals surface area (Å²) in [5.41, 5.74) is 0.765. The maximum Gasteiger partial charge on any atom is 0.411 e. The van der Waals surface area contributed by atoms with Crippen LogP contribution in [0.2, 0.25) is 11.6 Å². The molecule has 0 saturated carbocycles. The average Bonchev–Trinajstić information content (AvgIpc) is 2.12. The van der Waals surface area contributed by atoms with E-state index in [1.165, 1.54) is 39.0 Å². The molecule has 0 amide bonds. The van der Waals surface area contributed by atoms with Gasteiger partial charge < -0.3 is 10.1 Å². The van der Waals surface area contributed by atoms with Crippen LogP contribution < -0.4 is 10.1 Å². The molecule has 4 rings (SSSR count). The van der Waals surface area contributed by atoms with E-state index in [2.05, 4.69) is 5.32 Å². The second-order valence-electron chi connectivity index (χ2n) is 7.02. The van der Waals surface area contributed by atoms with Crippen molar-refractivity contribution < 1.29 is 4.81 Å². The summed E-state index contributed by atoms with van der Waals surface area (Å²) >= 11 is 0.